The average molecular weight is 197 g/mol. The molecule has 6 atom stereocenters. The number of hydrogen-bond donors (Lipinski definition) is 0. The second-order valence-corrected chi connectivity index (χ2v) is 6.69. The van der Waals surface area contributed by atoms with Gasteiger partial charge in [0, 0.05) is 23.6 Å². The van der Waals surface area contributed by atoms with Crippen LogP contribution in [0, 0.1) is 23.7 Å². The van der Waals surface area contributed by atoms with E-state index in [0.717, 1.165) is 34.2 Å². The first-order valence-electron chi connectivity index (χ1n) is 5.52. The van der Waals surface area contributed by atoms with Gasteiger partial charge in [-0.3, -0.25) is 0 Å². The third kappa shape index (κ3) is 1.11. The highest BCUT2D eigenvalue weighted by Crippen LogP contribution is 2.61. The SMILES string of the molecule is CC1C2CN(C)CC2C(C)C2SC12. The minimum Gasteiger partial charge on any atom is -0.306 e. The van der Waals surface area contributed by atoms with Crippen molar-refractivity contribution in [2.45, 2.75) is 24.3 Å². The molecule has 2 aliphatic heterocycles. The molecule has 1 saturated carbocycles. The molecule has 2 heteroatoms. The second-order valence-electron chi connectivity index (χ2n) is 5.33. The zero-order valence-corrected chi connectivity index (χ0v) is 9.55. The van der Waals surface area contributed by atoms with Gasteiger partial charge in [0.25, 0.3) is 0 Å². The molecule has 2 heterocycles. The van der Waals surface area contributed by atoms with Crippen molar-refractivity contribution in [3.63, 3.8) is 0 Å². The lowest BCUT2D eigenvalue weighted by Crippen LogP contribution is -2.36. The van der Waals surface area contributed by atoms with Crippen molar-refractivity contribution >= 4 is 11.8 Å². The molecule has 1 nitrogen and oxygen atoms in total. The molecule has 0 radical (unpaired) electrons. The summed E-state index contributed by atoms with van der Waals surface area (Å²) in [6.45, 7) is 7.70. The van der Waals surface area contributed by atoms with Crippen molar-refractivity contribution in [1.29, 1.82) is 0 Å². The maximum absolute atomic E-state index is 2.54. The van der Waals surface area contributed by atoms with Crippen molar-refractivity contribution in [1.82, 2.24) is 4.90 Å². The molecule has 3 aliphatic rings. The minimum atomic E-state index is 0.987. The molecule has 6 unspecified atom stereocenters. The van der Waals surface area contributed by atoms with E-state index in [-0.39, 0.29) is 0 Å². The molecule has 0 amide bonds. The van der Waals surface area contributed by atoms with Crippen LogP contribution in [0.1, 0.15) is 13.8 Å². The summed E-state index contributed by atoms with van der Waals surface area (Å²) in [6, 6.07) is 0. The highest BCUT2D eigenvalue weighted by atomic mass is 32.2. The van der Waals surface area contributed by atoms with Gasteiger partial charge in [-0.05, 0) is 30.7 Å². The number of fused-ring (bicyclic) bond motifs is 2. The van der Waals surface area contributed by atoms with Gasteiger partial charge in [0.1, 0.15) is 0 Å². The molecule has 0 bridgehead atoms. The fourth-order valence-electron chi connectivity index (χ4n) is 3.65. The summed E-state index contributed by atoms with van der Waals surface area (Å²) in [5, 5.41) is 2.06. The summed E-state index contributed by atoms with van der Waals surface area (Å²) < 4.78 is 0. The summed E-state index contributed by atoms with van der Waals surface area (Å²) >= 11 is 2.25. The molecule has 13 heavy (non-hydrogen) atoms. The molecule has 3 rings (SSSR count). The Morgan fingerprint density at radius 2 is 1.46 bits per heavy atom. The average Bonchev–Trinajstić information content (AvgIpc) is 2.79. The van der Waals surface area contributed by atoms with Gasteiger partial charge in [0.2, 0.25) is 0 Å². The number of thioether (sulfide) groups is 1. The van der Waals surface area contributed by atoms with Crippen LogP contribution in [-0.4, -0.2) is 35.5 Å². The summed E-state index contributed by atoms with van der Waals surface area (Å²) in [4.78, 5) is 2.54. The monoisotopic (exact) mass is 197 g/mol. The van der Waals surface area contributed by atoms with E-state index in [1.165, 1.54) is 13.1 Å². The quantitative estimate of drug-likeness (QED) is 0.546. The van der Waals surface area contributed by atoms with Crippen LogP contribution in [0.5, 0.6) is 0 Å². The largest absolute Gasteiger partial charge is 0.306 e. The van der Waals surface area contributed by atoms with Crippen LogP contribution in [0.15, 0.2) is 0 Å². The molecule has 2 saturated heterocycles. The topological polar surface area (TPSA) is 3.24 Å². The van der Waals surface area contributed by atoms with Gasteiger partial charge >= 0.3 is 0 Å². The van der Waals surface area contributed by atoms with Crippen LogP contribution in [0.2, 0.25) is 0 Å². The number of hydrogen-bond acceptors (Lipinski definition) is 2. The van der Waals surface area contributed by atoms with Crippen LogP contribution in [0.3, 0.4) is 0 Å². The van der Waals surface area contributed by atoms with E-state index in [9.17, 15) is 0 Å². The highest BCUT2D eigenvalue weighted by Gasteiger charge is 2.57. The highest BCUT2D eigenvalue weighted by molar-refractivity contribution is 8.07. The summed E-state index contributed by atoms with van der Waals surface area (Å²) in [6.07, 6.45) is 0. The Labute approximate surface area is 85.3 Å². The van der Waals surface area contributed by atoms with Crippen molar-refractivity contribution in [2.75, 3.05) is 20.1 Å². The predicted molar refractivity (Wildman–Crippen MR) is 58.0 cm³/mol. The van der Waals surface area contributed by atoms with Gasteiger partial charge in [-0.1, -0.05) is 13.8 Å². The van der Waals surface area contributed by atoms with Gasteiger partial charge in [-0.25, -0.2) is 0 Å². The predicted octanol–water partition coefficient (Wildman–Crippen LogP) is 1.93. The minimum absolute atomic E-state index is 0.987. The summed E-state index contributed by atoms with van der Waals surface area (Å²) in [5.74, 6) is 4.00. The van der Waals surface area contributed by atoms with E-state index in [0.29, 0.717) is 0 Å². The Bertz CT molecular complexity index is 208. The summed E-state index contributed by atoms with van der Waals surface area (Å²) in [7, 11) is 2.29. The maximum atomic E-state index is 2.54. The molecule has 0 aromatic heterocycles. The molecule has 1 aliphatic carbocycles. The lowest BCUT2D eigenvalue weighted by atomic mass is 9.69. The number of nitrogens with zero attached hydrogens (tertiary/aromatic N) is 1. The van der Waals surface area contributed by atoms with Gasteiger partial charge in [0.15, 0.2) is 0 Å². The van der Waals surface area contributed by atoms with Crippen molar-refractivity contribution in [3.05, 3.63) is 0 Å². The molecular formula is C11H19NS. The number of likely N-dealkylation sites (tertiary alicyclic amines) is 1. The first kappa shape index (κ1) is 8.60. The van der Waals surface area contributed by atoms with Gasteiger partial charge in [-0.15, -0.1) is 0 Å². The normalized spacial score (nSPS) is 60.2. The van der Waals surface area contributed by atoms with E-state index >= 15 is 0 Å². The fourth-order valence-corrected chi connectivity index (χ4v) is 5.31. The van der Waals surface area contributed by atoms with E-state index < -0.39 is 0 Å². The van der Waals surface area contributed by atoms with E-state index in [2.05, 4.69) is 37.6 Å². The smallest absolute Gasteiger partial charge is 0.0201 e. The molecule has 3 fully saturated rings. The molecule has 0 N–H and O–H groups in total. The lowest BCUT2D eigenvalue weighted by molar-refractivity contribution is 0.188. The Hall–Kier alpha value is 0.310. The fraction of sp³-hybridized carbons (Fsp3) is 1.00. The van der Waals surface area contributed by atoms with E-state index in [1.807, 2.05) is 0 Å². The van der Waals surface area contributed by atoms with E-state index in [1.54, 1.807) is 0 Å². The molecule has 0 spiro atoms. The van der Waals surface area contributed by atoms with Gasteiger partial charge in [-0.2, -0.15) is 11.8 Å². The summed E-state index contributed by atoms with van der Waals surface area (Å²) in [5.41, 5.74) is 0. The van der Waals surface area contributed by atoms with Gasteiger partial charge < -0.3 is 4.90 Å². The van der Waals surface area contributed by atoms with Crippen molar-refractivity contribution in [2.24, 2.45) is 23.7 Å². The molecule has 74 valence electrons. The van der Waals surface area contributed by atoms with Crippen LogP contribution in [0.4, 0.5) is 0 Å². The zero-order chi connectivity index (χ0) is 9.16. The maximum Gasteiger partial charge on any atom is 0.0201 e. The Kier molecular flexibility index (Phi) is 1.76. The zero-order valence-electron chi connectivity index (χ0n) is 8.73. The third-order valence-corrected chi connectivity index (χ3v) is 6.30. The first-order valence-corrected chi connectivity index (χ1v) is 6.47. The second kappa shape index (κ2) is 2.66. The van der Waals surface area contributed by atoms with E-state index in [4.69, 9.17) is 0 Å². The molecule has 0 aromatic rings. The van der Waals surface area contributed by atoms with Gasteiger partial charge in [0.05, 0.1) is 0 Å². The van der Waals surface area contributed by atoms with Crippen LogP contribution < -0.4 is 0 Å². The third-order valence-electron chi connectivity index (χ3n) is 4.54. The Morgan fingerprint density at radius 1 is 1.00 bits per heavy atom. The first-order chi connectivity index (χ1) is 6.18. The Morgan fingerprint density at radius 3 is 1.92 bits per heavy atom. The van der Waals surface area contributed by atoms with Crippen LogP contribution >= 0.6 is 11.8 Å². The van der Waals surface area contributed by atoms with Crippen LogP contribution in [-0.2, 0) is 0 Å². The van der Waals surface area contributed by atoms with Crippen molar-refractivity contribution in [3.8, 4) is 0 Å². The molecule has 0 aromatic carbocycles. The van der Waals surface area contributed by atoms with Crippen molar-refractivity contribution < 1.29 is 0 Å². The Balaban J connectivity index is 1.85. The lowest BCUT2D eigenvalue weighted by Gasteiger charge is -2.33. The van der Waals surface area contributed by atoms with Crippen LogP contribution in [0.25, 0.3) is 0 Å². The molecular weight excluding hydrogens is 178 g/mol. The number of rotatable bonds is 0. The standard InChI is InChI=1S/C11H19NS/c1-6-8-4-12(3)5-9(8)7(2)11-10(6)13-11/h6-11H,4-5H2,1-3H3.